The SMILES string of the molecule is O=C(Cn1nnnc1COc1ccccc1Cl)NCc1ccc(C(=O)O)cc1. The molecule has 2 N–H and O–H groups in total. The molecular weight excluding hydrogens is 386 g/mol. The summed E-state index contributed by atoms with van der Waals surface area (Å²) >= 11 is 6.03. The summed E-state index contributed by atoms with van der Waals surface area (Å²) in [5.74, 6) is -0.428. The van der Waals surface area contributed by atoms with Crippen LogP contribution in [-0.4, -0.2) is 37.2 Å². The average Bonchev–Trinajstić information content (AvgIpc) is 3.13. The number of benzene rings is 2. The largest absolute Gasteiger partial charge is 0.484 e. The molecule has 3 rings (SSSR count). The summed E-state index contributed by atoms with van der Waals surface area (Å²) in [6.45, 7) is 0.231. The number of carbonyl (C=O) groups excluding carboxylic acids is 1. The number of ether oxygens (including phenoxy) is 1. The minimum absolute atomic E-state index is 0.0562. The van der Waals surface area contributed by atoms with Crippen LogP contribution in [0.5, 0.6) is 5.75 Å². The summed E-state index contributed by atoms with van der Waals surface area (Å²) in [4.78, 5) is 23.0. The number of rotatable bonds is 8. The number of nitrogens with one attached hydrogen (secondary N) is 1. The highest BCUT2D eigenvalue weighted by Crippen LogP contribution is 2.23. The third-order valence-electron chi connectivity index (χ3n) is 3.78. The number of aromatic nitrogens is 4. The predicted octanol–water partition coefficient (Wildman–Crippen LogP) is 1.92. The van der Waals surface area contributed by atoms with Crippen LogP contribution in [0.3, 0.4) is 0 Å². The molecule has 1 heterocycles. The Balaban J connectivity index is 1.52. The maximum Gasteiger partial charge on any atom is 0.335 e. The number of carboxylic acid groups (broad SMARTS) is 1. The quantitative estimate of drug-likeness (QED) is 0.591. The van der Waals surface area contributed by atoms with Crippen LogP contribution in [0.15, 0.2) is 48.5 Å². The highest BCUT2D eigenvalue weighted by atomic mass is 35.5. The van der Waals surface area contributed by atoms with E-state index in [0.717, 1.165) is 5.56 Å². The molecule has 144 valence electrons. The van der Waals surface area contributed by atoms with Gasteiger partial charge in [0, 0.05) is 6.54 Å². The monoisotopic (exact) mass is 401 g/mol. The lowest BCUT2D eigenvalue weighted by molar-refractivity contribution is -0.122. The van der Waals surface area contributed by atoms with E-state index in [1.807, 2.05) is 0 Å². The second-order valence-corrected chi connectivity index (χ2v) is 6.16. The van der Waals surface area contributed by atoms with E-state index in [4.69, 9.17) is 21.4 Å². The van der Waals surface area contributed by atoms with Crippen molar-refractivity contribution in [3.8, 4) is 5.75 Å². The highest BCUT2D eigenvalue weighted by molar-refractivity contribution is 6.32. The van der Waals surface area contributed by atoms with Gasteiger partial charge in [0.2, 0.25) is 5.91 Å². The van der Waals surface area contributed by atoms with E-state index in [0.29, 0.717) is 16.6 Å². The van der Waals surface area contributed by atoms with Gasteiger partial charge in [-0.15, -0.1) is 5.10 Å². The van der Waals surface area contributed by atoms with Crippen molar-refractivity contribution in [1.29, 1.82) is 0 Å². The second kappa shape index (κ2) is 8.96. The number of nitrogens with zero attached hydrogens (tertiary/aromatic N) is 4. The Hall–Kier alpha value is -3.46. The minimum atomic E-state index is -0.999. The Kier molecular flexibility index (Phi) is 6.18. The Labute approximate surface area is 164 Å². The van der Waals surface area contributed by atoms with Crippen molar-refractivity contribution < 1.29 is 19.4 Å². The van der Waals surface area contributed by atoms with Crippen molar-refractivity contribution in [2.45, 2.75) is 19.7 Å². The van der Waals surface area contributed by atoms with E-state index in [9.17, 15) is 9.59 Å². The maximum atomic E-state index is 12.2. The van der Waals surface area contributed by atoms with E-state index in [-0.39, 0.29) is 31.2 Å². The number of para-hydroxylation sites is 1. The van der Waals surface area contributed by atoms with E-state index in [2.05, 4.69) is 20.8 Å². The zero-order valence-corrected chi connectivity index (χ0v) is 15.3. The van der Waals surface area contributed by atoms with Gasteiger partial charge in [-0.1, -0.05) is 35.9 Å². The van der Waals surface area contributed by atoms with Crippen LogP contribution < -0.4 is 10.1 Å². The van der Waals surface area contributed by atoms with Gasteiger partial charge in [0.1, 0.15) is 18.9 Å². The summed E-state index contributed by atoms with van der Waals surface area (Å²) in [6.07, 6.45) is 0. The molecule has 10 heteroatoms. The number of aromatic carboxylic acids is 1. The molecule has 0 bridgehead atoms. The molecule has 0 fully saturated rings. The zero-order valence-electron chi connectivity index (χ0n) is 14.6. The van der Waals surface area contributed by atoms with Crippen molar-refractivity contribution in [1.82, 2.24) is 25.5 Å². The molecule has 0 radical (unpaired) electrons. The van der Waals surface area contributed by atoms with E-state index < -0.39 is 5.97 Å². The molecular formula is C18H16ClN5O4. The molecule has 0 saturated carbocycles. The molecule has 1 amide bonds. The normalized spacial score (nSPS) is 10.5. The lowest BCUT2D eigenvalue weighted by Gasteiger charge is -2.09. The van der Waals surface area contributed by atoms with Gasteiger partial charge in [0.05, 0.1) is 10.6 Å². The van der Waals surface area contributed by atoms with E-state index in [1.54, 1.807) is 36.4 Å². The van der Waals surface area contributed by atoms with Gasteiger partial charge in [-0.2, -0.15) is 0 Å². The lowest BCUT2D eigenvalue weighted by atomic mass is 10.1. The molecule has 0 aliphatic carbocycles. The third-order valence-corrected chi connectivity index (χ3v) is 4.10. The Bertz CT molecular complexity index is 974. The number of hydrogen-bond donors (Lipinski definition) is 2. The van der Waals surface area contributed by atoms with Crippen molar-refractivity contribution in [3.05, 3.63) is 70.5 Å². The standard InChI is InChI=1S/C18H16ClN5O4/c19-14-3-1-2-4-15(14)28-11-16-21-22-23-24(16)10-17(25)20-9-12-5-7-13(8-6-12)18(26)27/h1-8H,9-11H2,(H,20,25)(H,26,27). The van der Waals surface area contributed by atoms with Crippen LogP contribution in [-0.2, 0) is 24.5 Å². The lowest BCUT2D eigenvalue weighted by Crippen LogP contribution is -2.28. The molecule has 9 nitrogen and oxygen atoms in total. The van der Waals surface area contributed by atoms with E-state index in [1.165, 1.54) is 16.8 Å². The number of halogens is 1. The fraction of sp³-hybridized carbons (Fsp3) is 0.167. The van der Waals surface area contributed by atoms with Crippen LogP contribution >= 0.6 is 11.6 Å². The first-order valence-corrected chi connectivity index (χ1v) is 8.62. The predicted molar refractivity (Wildman–Crippen MR) is 98.8 cm³/mol. The molecule has 0 saturated heterocycles. The summed E-state index contributed by atoms with van der Waals surface area (Å²) < 4.78 is 6.92. The van der Waals surface area contributed by atoms with Crippen LogP contribution in [0.25, 0.3) is 0 Å². The van der Waals surface area contributed by atoms with Crippen molar-refractivity contribution in [3.63, 3.8) is 0 Å². The fourth-order valence-electron chi connectivity index (χ4n) is 2.31. The summed E-state index contributed by atoms with van der Waals surface area (Å²) in [5.41, 5.74) is 0.962. The molecule has 0 unspecified atom stereocenters. The smallest absolute Gasteiger partial charge is 0.335 e. The van der Waals surface area contributed by atoms with Crippen LogP contribution in [0, 0.1) is 0 Å². The zero-order chi connectivity index (χ0) is 19.9. The number of hydrogen-bond acceptors (Lipinski definition) is 6. The van der Waals surface area contributed by atoms with E-state index >= 15 is 0 Å². The van der Waals surface area contributed by atoms with Gasteiger partial charge in [-0.25, -0.2) is 9.48 Å². The first-order chi connectivity index (χ1) is 13.5. The Morgan fingerprint density at radius 3 is 2.61 bits per heavy atom. The van der Waals surface area contributed by atoms with Gasteiger partial charge in [-0.3, -0.25) is 4.79 Å². The molecule has 0 spiro atoms. The van der Waals surface area contributed by atoms with Gasteiger partial charge < -0.3 is 15.2 Å². The van der Waals surface area contributed by atoms with Crippen LogP contribution in [0.1, 0.15) is 21.7 Å². The first-order valence-electron chi connectivity index (χ1n) is 8.24. The number of tetrazole rings is 1. The van der Waals surface area contributed by atoms with Crippen molar-refractivity contribution >= 4 is 23.5 Å². The molecule has 1 aromatic heterocycles. The molecule has 2 aromatic carbocycles. The van der Waals surface area contributed by atoms with Gasteiger partial charge in [0.25, 0.3) is 0 Å². The number of amides is 1. The van der Waals surface area contributed by atoms with Gasteiger partial charge in [0.15, 0.2) is 5.82 Å². The molecule has 3 aromatic rings. The Morgan fingerprint density at radius 1 is 1.14 bits per heavy atom. The van der Waals surface area contributed by atoms with Gasteiger partial charge in [-0.05, 0) is 40.3 Å². The van der Waals surface area contributed by atoms with Crippen LogP contribution in [0.4, 0.5) is 0 Å². The average molecular weight is 402 g/mol. The molecule has 0 aliphatic rings. The van der Waals surface area contributed by atoms with Crippen molar-refractivity contribution in [2.24, 2.45) is 0 Å². The highest BCUT2D eigenvalue weighted by Gasteiger charge is 2.12. The topological polar surface area (TPSA) is 119 Å². The number of carbonyl (C=O) groups is 2. The first kappa shape index (κ1) is 19.3. The molecule has 0 atom stereocenters. The third kappa shape index (κ3) is 5.04. The summed E-state index contributed by atoms with van der Waals surface area (Å²) in [6, 6.07) is 13.3. The van der Waals surface area contributed by atoms with Gasteiger partial charge >= 0.3 is 5.97 Å². The van der Waals surface area contributed by atoms with Crippen LogP contribution in [0.2, 0.25) is 5.02 Å². The number of carboxylic acids is 1. The fourth-order valence-corrected chi connectivity index (χ4v) is 2.50. The maximum absolute atomic E-state index is 12.2. The Morgan fingerprint density at radius 2 is 1.89 bits per heavy atom. The molecule has 0 aliphatic heterocycles. The summed E-state index contributed by atoms with van der Waals surface area (Å²) in [5, 5.41) is 23.3. The minimum Gasteiger partial charge on any atom is -0.484 e. The second-order valence-electron chi connectivity index (χ2n) is 5.75. The molecule has 28 heavy (non-hydrogen) atoms. The summed E-state index contributed by atoms with van der Waals surface area (Å²) in [7, 11) is 0. The van der Waals surface area contributed by atoms with Crippen molar-refractivity contribution in [2.75, 3.05) is 0 Å².